The van der Waals surface area contributed by atoms with Crippen molar-refractivity contribution in [2.24, 2.45) is 0 Å². The standard InChI is InChI=1S/C19H12F5N3O2S/c1-10-3-4-12(5-11(10)9-25)27-16(8-18(26-27)19(22,23)24)13-6-15(21)17(7-14(13)20)30(2,28)29/h3-8H,1-2H3. The summed E-state index contributed by atoms with van der Waals surface area (Å²) in [5.74, 6) is -2.57. The van der Waals surface area contributed by atoms with Gasteiger partial charge in [0.1, 0.15) is 16.5 Å². The van der Waals surface area contributed by atoms with Gasteiger partial charge >= 0.3 is 6.18 Å². The molecular weight excluding hydrogens is 429 g/mol. The van der Waals surface area contributed by atoms with Crippen LogP contribution >= 0.6 is 0 Å². The van der Waals surface area contributed by atoms with E-state index in [1.807, 2.05) is 6.07 Å². The van der Waals surface area contributed by atoms with Crippen molar-refractivity contribution in [2.75, 3.05) is 6.26 Å². The van der Waals surface area contributed by atoms with Gasteiger partial charge in [-0.2, -0.15) is 23.5 Å². The van der Waals surface area contributed by atoms with Gasteiger partial charge < -0.3 is 0 Å². The van der Waals surface area contributed by atoms with Gasteiger partial charge in [0.05, 0.1) is 23.0 Å². The predicted molar refractivity (Wildman–Crippen MR) is 96.5 cm³/mol. The second-order valence-electron chi connectivity index (χ2n) is 6.47. The van der Waals surface area contributed by atoms with Crippen molar-refractivity contribution in [1.29, 1.82) is 5.26 Å². The van der Waals surface area contributed by atoms with E-state index in [-0.39, 0.29) is 11.3 Å². The number of nitrogens with zero attached hydrogens (tertiary/aromatic N) is 3. The van der Waals surface area contributed by atoms with Crippen molar-refractivity contribution in [1.82, 2.24) is 9.78 Å². The quantitative estimate of drug-likeness (QED) is 0.564. The fourth-order valence-corrected chi connectivity index (χ4v) is 3.51. The van der Waals surface area contributed by atoms with E-state index in [4.69, 9.17) is 0 Å². The third kappa shape index (κ3) is 3.91. The number of alkyl halides is 3. The van der Waals surface area contributed by atoms with Crippen molar-refractivity contribution < 1.29 is 30.4 Å². The Bertz CT molecular complexity index is 1300. The minimum absolute atomic E-state index is 0.00893. The van der Waals surface area contributed by atoms with Crippen LogP contribution in [0.15, 0.2) is 41.3 Å². The van der Waals surface area contributed by atoms with E-state index in [0.717, 1.165) is 4.68 Å². The van der Waals surface area contributed by atoms with Gasteiger partial charge in [0.2, 0.25) is 0 Å². The predicted octanol–water partition coefficient (Wildman–Crippen LogP) is 4.42. The lowest BCUT2D eigenvalue weighted by molar-refractivity contribution is -0.141. The van der Waals surface area contributed by atoms with Crippen molar-refractivity contribution in [3.05, 3.63) is 64.9 Å². The lowest BCUT2D eigenvalue weighted by atomic mass is 10.1. The molecule has 2 aromatic carbocycles. The number of halogens is 5. The van der Waals surface area contributed by atoms with Gasteiger partial charge in [0, 0.05) is 11.8 Å². The second-order valence-corrected chi connectivity index (χ2v) is 8.45. The normalized spacial score (nSPS) is 12.1. The van der Waals surface area contributed by atoms with E-state index in [1.54, 1.807) is 6.92 Å². The Morgan fingerprint density at radius 1 is 1.07 bits per heavy atom. The molecule has 0 saturated carbocycles. The molecule has 1 aromatic heterocycles. The maximum absolute atomic E-state index is 14.7. The molecule has 0 atom stereocenters. The zero-order valence-electron chi connectivity index (χ0n) is 15.4. The monoisotopic (exact) mass is 441 g/mol. The first-order valence-corrected chi connectivity index (χ1v) is 10.1. The molecule has 0 bridgehead atoms. The lowest BCUT2D eigenvalue weighted by Crippen LogP contribution is -2.08. The van der Waals surface area contributed by atoms with Crippen LogP contribution in [0.3, 0.4) is 0 Å². The van der Waals surface area contributed by atoms with Crippen LogP contribution in [0.2, 0.25) is 0 Å². The molecule has 0 aliphatic rings. The van der Waals surface area contributed by atoms with E-state index in [9.17, 15) is 35.6 Å². The zero-order valence-corrected chi connectivity index (χ0v) is 16.2. The van der Waals surface area contributed by atoms with Gasteiger partial charge in [-0.25, -0.2) is 21.9 Å². The largest absolute Gasteiger partial charge is 0.435 e. The maximum atomic E-state index is 14.7. The van der Waals surface area contributed by atoms with Crippen molar-refractivity contribution >= 4 is 9.84 Å². The molecule has 0 radical (unpaired) electrons. The molecule has 0 aliphatic heterocycles. The number of hydrogen-bond donors (Lipinski definition) is 0. The Hall–Kier alpha value is -3.26. The van der Waals surface area contributed by atoms with Gasteiger partial charge in [0.25, 0.3) is 0 Å². The molecule has 0 N–H and O–H groups in total. The SMILES string of the molecule is Cc1ccc(-n2nc(C(F)(F)F)cc2-c2cc(F)c(S(C)(=O)=O)cc2F)cc1C#N. The number of benzene rings is 2. The molecule has 0 amide bonds. The molecule has 0 saturated heterocycles. The highest BCUT2D eigenvalue weighted by Crippen LogP contribution is 2.35. The number of aromatic nitrogens is 2. The smallest absolute Gasteiger partial charge is 0.232 e. The van der Waals surface area contributed by atoms with Crippen molar-refractivity contribution in [3.8, 4) is 23.0 Å². The summed E-state index contributed by atoms with van der Waals surface area (Å²) in [4.78, 5) is -0.923. The molecule has 11 heteroatoms. The highest BCUT2D eigenvalue weighted by molar-refractivity contribution is 7.90. The summed E-state index contributed by atoms with van der Waals surface area (Å²) in [7, 11) is -4.10. The molecule has 0 spiro atoms. The van der Waals surface area contributed by atoms with Crippen LogP contribution in [0.25, 0.3) is 16.9 Å². The van der Waals surface area contributed by atoms with Crippen LogP contribution in [-0.4, -0.2) is 24.5 Å². The fourth-order valence-electron chi connectivity index (χ4n) is 2.78. The van der Waals surface area contributed by atoms with E-state index in [1.165, 1.54) is 18.2 Å². The molecular formula is C19H12F5N3O2S. The average molecular weight is 441 g/mol. The molecule has 0 fully saturated rings. The summed E-state index contributed by atoms with van der Waals surface area (Å²) in [5, 5.41) is 12.6. The number of sulfone groups is 1. The molecule has 30 heavy (non-hydrogen) atoms. The summed E-state index contributed by atoms with van der Waals surface area (Å²) in [6, 6.07) is 7.39. The van der Waals surface area contributed by atoms with Gasteiger partial charge in [-0.15, -0.1) is 0 Å². The minimum Gasteiger partial charge on any atom is -0.232 e. The Morgan fingerprint density at radius 2 is 1.73 bits per heavy atom. The van der Waals surface area contributed by atoms with E-state index >= 15 is 0 Å². The number of rotatable bonds is 3. The fraction of sp³-hybridized carbons (Fsp3) is 0.158. The molecule has 156 valence electrons. The van der Waals surface area contributed by atoms with E-state index < -0.39 is 49.5 Å². The summed E-state index contributed by atoms with van der Waals surface area (Å²) in [6.45, 7) is 1.62. The molecule has 0 aliphatic carbocycles. The van der Waals surface area contributed by atoms with Crippen LogP contribution in [0, 0.1) is 29.9 Å². The molecule has 1 heterocycles. The Kier molecular flexibility index (Phi) is 5.16. The average Bonchev–Trinajstić information content (AvgIpc) is 3.08. The van der Waals surface area contributed by atoms with Crippen LogP contribution in [-0.2, 0) is 16.0 Å². The van der Waals surface area contributed by atoms with Crippen molar-refractivity contribution in [3.63, 3.8) is 0 Å². The first-order chi connectivity index (χ1) is 13.8. The highest BCUT2D eigenvalue weighted by atomic mass is 32.2. The molecule has 0 unspecified atom stereocenters. The maximum Gasteiger partial charge on any atom is 0.435 e. The summed E-state index contributed by atoms with van der Waals surface area (Å²) < 4.78 is 92.6. The topological polar surface area (TPSA) is 75.8 Å². The summed E-state index contributed by atoms with van der Waals surface area (Å²) in [6.07, 6.45) is -4.21. The third-order valence-corrected chi connectivity index (χ3v) is 5.39. The highest BCUT2D eigenvalue weighted by Gasteiger charge is 2.36. The number of aryl methyl sites for hydroxylation is 1. The number of nitriles is 1. The van der Waals surface area contributed by atoms with Crippen LogP contribution in [0.1, 0.15) is 16.8 Å². The van der Waals surface area contributed by atoms with E-state index in [2.05, 4.69) is 5.10 Å². The third-order valence-electron chi connectivity index (χ3n) is 4.28. The number of hydrogen-bond acceptors (Lipinski definition) is 4. The van der Waals surface area contributed by atoms with Crippen LogP contribution in [0.5, 0.6) is 0 Å². The van der Waals surface area contributed by atoms with Gasteiger partial charge in [-0.3, -0.25) is 0 Å². The molecule has 3 rings (SSSR count). The van der Waals surface area contributed by atoms with Gasteiger partial charge in [0.15, 0.2) is 15.5 Å². The summed E-state index contributed by atoms with van der Waals surface area (Å²) >= 11 is 0. The minimum atomic E-state index is -4.88. The van der Waals surface area contributed by atoms with E-state index in [0.29, 0.717) is 30.0 Å². The zero-order chi connectivity index (χ0) is 22.4. The van der Waals surface area contributed by atoms with Gasteiger partial charge in [-0.05, 0) is 42.8 Å². The Labute approximate surface area is 167 Å². The lowest BCUT2D eigenvalue weighted by Gasteiger charge is -2.11. The Balaban J connectivity index is 2.32. The van der Waals surface area contributed by atoms with Gasteiger partial charge in [-0.1, -0.05) is 6.07 Å². The van der Waals surface area contributed by atoms with Crippen molar-refractivity contribution in [2.45, 2.75) is 18.0 Å². The second kappa shape index (κ2) is 7.21. The van der Waals surface area contributed by atoms with Crippen LogP contribution in [0.4, 0.5) is 22.0 Å². The molecule has 3 aromatic rings. The first kappa shape index (κ1) is 21.4. The molecule has 5 nitrogen and oxygen atoms in total. The van der Waals surface area contributed by atoms with Crippen LogP contribution < -0.4 is 0 Å². The summed E-state index contributed by atoms with van der Waals surface area (Å²) in [5.41, 5.74) is -1.74. The first-order valence-electron chi connectivity index (χ1n) is 8.21. The Morgan fingerprint density at radius 3 is 2.30 bits per heavy atom.